The number of nitrogens with one attached hydrogen (secondary N) is 1. The molecule has 12 heavy (non-hydrogen) atoms. The fourth-order valence-corrected chi connectivity index (χ4v) is 0.953. The summed E-state index contributed by atoms with van der Waals surface area (Å²) in [5, 5.41) is 8.85. The molecule has 0 saturated carbocycles. The summed E-state index contributed by atoms with van der Waals surface area (Å²) >= 11 is 5.63. The van der Waals surface area contributed by atoms with Gasteiger partial charge in [-0.15, -0.1) is 0 Å². The highest BCUT2D eigenvalue weighted by molar-refractivity contribution is 6.30. The van der Waals surface area contributed by atoms with Gasteiger partial charge >= 0.3 is 0 Å². The van der Waals surface area contributed by atoms with Crippen LogP contribution in [0.5, 0.6) is 0 Å². The van der Waals surface area contributed by atoms with E-state index in [0.29, 0.717) is 5.02 Å². The lowest BCUT2D eigenvalue weighted by Crippen LogP contribution is -2.20. The van der Waals surface area contributed by atoms with Crippen molar-refractivity contribution >= 4 is 17.5 Å². The zero-order valence-electron chi connectivity index (χ0n) is 6.25. The van der Waals surface area contributed by atoms with Crippen molar-refractivity contribution in [3.8, 4) is 0 Å². The van der Waals surface area contributed by atoms with Crippen LogP contribution in [0.1, 0.15) is 5.56 Å². The van der Waals surface area contributed by atoms with Crippen molar-refractivity contribution in [2.45, 2.75) is 6.42 Å². The maximum atomic E-state index is 10.7. The maximum absolute atomic E-state index is 10.7. The van der Waals surface area contributed by atoms with Gasteiger partial charge in [-0.2, -0.15) is 0 Å². The second-order valence-corrected chi connectivity index (χ2v) is 2.77. The summed E-state index contributed by atoms with van der Waals surface area (Å²) in [5.41, 5.74) is 2.37. The summed E-state index contributed by atoms with van der Waals surface area (Å²) < 4.78 is 0. The van der Waals surface area contributed by atoms with Crippen molar-refractivity contribution < 1.29 is 10.0 Å². The summed E-state index contributed by atoms with van der Waals surface area (Å²) in [4.78, 5) is 10.7. The molecule has 1 aromatic rings. The number of rotatable bonds is 2. The number of hydroxylamine groups is 1. The van der Waals surface area contributed by atoms with Gasteiger partial charge < -0.3 is 0 Å². The minimum Gasteiger partial charge on any atom is -0.289 e. The normalized spacial score (nSPS) is 9.50. The Morgan fingerprint density at radius 1 is 1.42 bits per heavy atom. The number of benzene rings is 1. The van der Waals surface area contributed by atoms with Gasteiger partial charge in [-0.05, 0) is 17.7 Å². The Balaban J connectivity index is 2.64. The van der Waals surface area contributed by atoms with Crippen molar-refractivity contribution in [1.82, 2.24) is 5.48 Å². The van der Waals surface area contributed by atoms with E-state index in [1.807, 2.05) is 0 Å². The predicted molar refractivity (Wildman–Crippen MR) is 45.1 cm³/mol. The molecule has 0 aliphatic rings. The summed E-state index contributed by atoms with van der Waals surface area (Å²) in [6, 6.07) is 6.86. The Labute approximate surface area is 74.9 Å². The van der Waals surface area contributed by atoms with Crippen LogP contribution in [0.25, 0.3) is 0 Å². The van der Waals surface area contributed by atoms with Crippen LogP contribution in [-0.4, -0.2) is 11.1 Å². The molecule has 0 fully saturated rings. The van der Waals surface area contributed by atoms with E-state index >= 15 is 0 Å². The number of hydrogen-bond donors (Lipinski definition) is 2. The first-order valence-electron chi connectivity index (χ1n) is 3.40. The highest BCUT2D eigenvalue weighted by atomic mass is 35.5. The van der Waals surface area contributed by atoms with Crippen LogP contribution in [0.3, 0.4) is 0 Å². The van der Waals surface area contributed by atoms with Gasteiger partial charge in [0.05, 0.1) is 6.42 Å². The standard InChI is InChI=1S/C8H8ClNO2/c9-7-3-1-6(2-4-7)5-8(11)10-12/h1-4,12H,5H2,(H,10,11). The molecule has 64 valence electrons. The zero-order chi connectivity index (χ0) is 8.97. The molecule has 1 amide bonds. The molecule has 0 atom stereocenters. The van der Waals surface area contributed by atoms with E-state index in [2.05, 4.69) is 0 Å². The van der Waals surface area contributed by atoms with Crippen molar-refractivity contribution in [2.75, 3.05) is 0 Å². The van der Waals surface area contributed by atoms with Crippen LogP contribution in [0.4, 0.5) is 0 Å². The third kappa shape index (κ3) is 2.53. The maximum Gasteiger partial charge on any atom is 0.247 e. The van der Waals surface area contributed by atoms with Crippen LogP contribution in [0, 0.1) is 0 Å². The Bertz CT molecular complexity index is 271. The SMILES string of the molecule is O=C(Cc1ccc(Cl)cc1)NO. The van der Waals surface area contributed by atoms with Crippen LogP contribution in [-0.2, 0) is 11.2 Å². The second kappa shape index (κ2) is 4.09. The van der Waals surface area contributed by atoms with Crippen molar-refractivity contribution in [1.29, 1.82) is 0 Å². The lowest BCUT2D eigenvalue weighted by atomic mass is 10.1. The topological polar surface area (TPSA) is 49.3 Å². The smallest absolute Gasteiger partial charge is 0.247 e. The Kier molecular flexibility index (Phi) is 3.08. The van der Waals surface area contributed by atoms with Crippen LogP contribution < -0.4 is 5.48 Å². The first-order chi connectivity index (χ1) is 5.72. The molecule has 0 heterocycles. The molecule has 3 nitrogen and oxygen atoms in total. The molecule has 2 N–H and O–H groups in total. The van der Waals surface area contributed by atoms with Crippen LogP contribution in [0.15, 0.2) is 24.3 Å². The molecule has 0 aliphatic carbocycles. The zero-order valence-corrected chi connectivity index (χ0v) is 7.01. The third-order valence-corrected chi connectivity index (χ3v) is 1.65. The Morgan fingerprint density at radius 3 is 2.50 bits per heavy atom. The fraction of sp³-hybridized carbons (Fsp3) is 0.125. The van der Waals surface area contributed by atoms with Crippen LogP contribution in [0.2, 0.25) is 5.02 Å². The average molecular weight is 186 g/mol. The second-order valence-electron chi connectivity index (χ2n) is 2.34. The molecule has 1 aromatic carbocycles. The highest BCUT2D eigenvalue weighted by Gasteiger charge is 2.00. The quantitative estimate of drug-likeness (QED) is 0.541. The summed E-state index contributed by atoms with van der Waals surface area (Å²) in [7, 11) is 0. The molecule has 1 rings (SSSR count). The van der Waals surface area contributed by atoms with Gasteiger partial charge in [0.1, 0.15) is 0 Å². The first kappa shape index (κ1) is 9.03. The molecule has 0 aromatic heterocycles. The van der Waals surface area contributed by atoms with E-state index in [4.69, 9.17) is 16.8 Å². The monoisotopic (exact) mass is 185 g/mol. The minimum absolute atomic E-state index is 0.160. The number of halogens is 1. The van der Waals surface area contributed by atoms with E-state index in [-0.39, 0.29) is 6.42 Å². The number of amides is 1. The molecule has 0 radical (unpaired) electrons. The van der Waals surface area contributed by atoms with Gasteiger partial charge in [-0.1, -0.05) is 23.7 Å². The van der Waals surface area contributed by atoms with E-state index in [0.717, 1.165) is 5.56 Å². The largest absolute Gasteiger partial charge is 0.289 e. The van der Waals surface area contributed by atoms with E-state index in [1.165, 1.54) is 0 Å². The highest BCUT2D eigenvalue weighted by Crippen LogP contribution is 2.09. The number of hydrogen-bond acceptors (Lipinski definition) is 2. The Morgan fingerprint density at radius 2 is 2.00 bits per heavy atom. The molecular formula is C8H8ClNO2. The minimum atomic E-state index is -0.433. The molecule has 4 heteroatoms. The Hall–Kier alpha value is -1.06. The van der Waals surface area contributed by atoms with Crippen LogP contribution >= 0.6 is 11.6 Å². The molecule has 0 saturated heterocycles. The number of carbonyl (C=O) groups is 1. The summed E-state index contributed by atoms with van der Waals surface area (Å²) in [5.74, 6) is -0.433. The fourth-order valence-electron chi connectivity index (χ4n) is 0.827. The number of carbonyl (C=O) groups excluding carboxylic acids is 1. The van der Waals surface area contributed by atoms with Gasteiger partial charge in [0, 0.05) is 5.02 Å². The van der Waals surface area contributed by atoms with Gasteiger partial charge in [-0.3, -0.25) is 10.0 Å². The lowest BCUT2D eigenvalue weighted by Gasteiger charge is -1.98. The first-order valence-corrected chi connectivity index (χ1v) is 3.77. The molecular weight excluding hydrogens is 178 g/mol. The predicted octanol–water partition coefficient (Wildman–Crippen LogP) is 1.39. The molecule has 0 bridgehead atoms. The molecule has 0 unspecified atom stereocenters. The van der Waals surface area contributed by atoms with Gasteiger partial charge in [-0.25, -0.2) is 5.48 Å². The molecule has 0 aliphatic heterocycles. The van der Waals surface area contributed by atoms with Gasteiger partial charge in [0.15, 0.2) is 0 Å². The van der Waals surface area contributed by atoms with Crippen molar-refractivity contribution in [3.63, 3.8) is 0 Å². The van der Waals surface area contributed by atoms with Crippen molar-refractivity contribution in [2.24, 2.45) is 0 Å². The van der Waals surface area contributed by atoms with E-state index in [1.54, 1.807) is 29.7 Å². The third-order valence-electron chi connectivity index (χ3n) is 1.40. The van der Waals surface area contributed by atoms with Gasteiger partial charge in [0.25, 0.3) is 0 Å². The lowest BCUT2D eigenvalue weighted by molar-refractivity contribution is -0.128. The van der Waals surface area contributed by atoms with Crippen molar-refractivity contribution in [3.05, 3.63) is 34.9 Å². The summed E-state index contributed by atoms with van der Waals surface area (Å²) in [6.07, 6.45) is 0.160. The average Bonchev–Trinajstić information content (AvgIpc) is 2.09. The van der Waals surface area contributed by atoms with E-state index < -0.39 is 5.91 Å². The van der Waals surface area contributed by atoms with Gasteiger partial charge in [0.2, 0.25) is 5.91 Å². The van der Waals surface area contributed by atoms with E-state index in [9.17, 15) is 4.79 Å². The molecule has 0 spiro atoms. The summed E-state index contributed by atoms with van der Waals surface area (Å²) in [6.45, 7) is 0.